The Morgan fingerprint density at radius 3 is 2.55 bits per heavy atom. The summed E-state index contributed by atoms with van der Waals surface area (Å²) < 4.78 is 0. The highest BCUT2D eigenvalue weighted by atomic mass is 16.4. The minimum absolute atomic E-state index is 0.527. The van der Waals surface area contributed by atoms with Crippen LogP contribution in [0.2, 0.25) is 0 Å². The van der Waals surface area contributed by atoms with E-state index in [2.05, 4.69) is 19.8 Å². The number of nitrogens with zero attached hydrogens (tertiary/aromatic N) is 7. The molecule has 2 aromatic heterocycles. The van der Waals surface area contributed by atoms with Gasteiger partial charge in [0.15, 0.2) is 0 Å². The number of carbonyl (C=O) groups is 1. The Kier molecular flexibility index (Phi) is 5.33. The number of piperazine rings is 1. The Morgan fingerprint density at radius 2 is 1.77 bits per heavy atom. The summed E-state index contributed by atoms with van der Waals surface area (Å²) in [5.41, 5.74) is 0.856. The van der Waals surface area contributed by atoms with Gasteiger partial charge in [-0.1, -0.05) is 12.1 Å². The Balaban J connectivity index is 1.37. The molecule has 4 heterocycles. The number of carboxylic acids is 1. The molecule has 0 saturated carbocycles. The van der Waals surface area contributed by atoms with E-state index in [1.54, 1.807) is 12.4 Å². The molecule has 5 rings (SSSR count). The molecule has 2 aliphatic heterocycles. The molecule has 0 bridgehead atoms. The average Bonchev–Trinajstić information content (AvgIpc) is 3.30. The molecular weight excluding hydrogens is 394 g/mol. The Bertz CT molecular complexity index is 1070. The lowest BCUT2D eigenvalue weighted by Gasteiger charge is -2.34. The first kappa shape index (κ1) is 19.6. The SMILES string of the molecule is O=C(O)C1CCCN1c1nc(CN2CCN(c3ncccn3)CC2)nc2ccccc12. The molecule has 0 amide bonds. The van der Waals surface area contributed by atoms with Crippen molar-refractivity contribution >= 4 is 28.6 Å². The lowest BCUT2D eigenvalue weighted by molar-refractivity contribution is -0.138. The van der Waals surface area contributed by atoms with E-state index in [0.29, 0.717) is 19.5 Å². The van der Waals surface area contributed by atoms with Crippen LogP contribution in [0.5, 0.6) is 0 Å². The fourth-order valence-corrected chi connectivity index (χ4v) is 4.43. The highest BCUT2D eigenvalue weighted by molar-refractivity contribution is 5.92. The third kappa shape index (κ3) is 4.00. The highest BCUT2D eigenvalue weighted by Crippen LogP contribution is 2.30. The lowest BCUT2D eigenvalue weighted by Crippen LogP contribution is -2.46. The van der Waals surface area contributed by atoms with E-state index in [-0.39, 0.29) is 0 Å². The first-order valence-corrected chi connectivity index (χ1v) is 10.7. The molecular formula is C22H25N7O2. The number of rotatable bonds is 5. The normalized spacial score (nSPS) is 19.8. The molecule has 0 radical (unpaired) electrons. The summed E-state index contributed by atoms with van der Waals surface area (Å²) in [6.07, 6.45) is 5.03. The van der Waals surface area contributed by atoms with Gasteiger partial charge in [0.1, 0.15) is 17.7 Å². The van der Waals surface area contributed by atoms with Crippen molar-refractivity contribution in [3.63, 3.8) is 0 Å². The summed E-state index contributed by atoms with van der Waals surface area (Å²) in [6.45, 7) is 4.76. The molecule has 160 valence electrons. The van der Waals surface area contributed by atoms with Gasteiger partial charge in [0, 0.05) is 50.5 Å². The minimum Gasteiger partial charge on any atom is -0.480 e. The molecule has 9 nitrogen and oxygen atoms in total. The van der Waals surface area contributed by atoms with E-state index < -0.39 is 12.0 Å². The smallest absolute Gasteiger partial charge is 0.326 e. The lowest BCUT2D eigenvalue weighted by atomic mass is 10.2. The van der Waals surface area contributed by atoms with Crippen molar-refractivity contribution in [2.45, 2.75) is 25.4 Å². The van der Waals surface area contributed by atoms with Crippen LogP contribution < -0.4 is 9.80 Å². The summed E-state index contributed by atoms with van der Waals surface area (Å²) in [4.78, 5) is 36.5. The van der Waals surface area contributed by atoms with Crippen LogP contribution >= 0.6 is 0 Å². The third-order valence-corrected chi connectivity index (χ3v) is 6.01. The number of hydrogen-bond acceptors (Lipinski definition) is 8. The Hall–Kier alpha value is -3.33. The molecule has 0 spiro atoms. The summed E-state index contributed by atoms with van der Waals surface area (Å²) >= 11 is 0. The van der Waals surface area contributed by atoms with E-state index in [1.165, 1.54) is 0 Å². The van der Waals surface area contributed by atoms with E-state index in [9.17, 15) is 9.90 Å². The van der Waals surface area contributed by atoms with E-state index in [1.807, 2.05) is 35.2 Å². The van der Waals surface area contributed by atoms with Gasteiger partial charge in [-0.25, -0.2) is 24.7 Å². The number of anilines is 2. The van der Waals surface area contributed by atoms with Gasteiger partial charge in [-0.3, -0.25) is 4.90 Å². The van der Waals surface area contributed by atoms with E-state index in [0.717, 1.165) is 61.1 Å². The van der Waals surface area contributed by atoms with Crippen LogP contribution in [0, 0.1) is 0 Å². The molecule has 1 aromatic carbocycles. The molecule has 0 aliphatic carbocycles. The minimum atomic E-state index is -0.791. The zero-order valence-corrected chi connectivity index (χ0v) is 17.3. The number of carboxylic acid groups (broad SMARTS) is 1. The van der Waals surface area contributed by atoms with Crippen molar-refractivity contribution in [3.05, 3.63) is 48.5 Å². The van der Waals surface area contributed by atoms with Crippen molar-refractivity contribution in [2.24, 2.45) is 0 Å². The maximum Gasteiger partial charge on any atom is 0.326 e. The molecule has 9 heteroatoms. The number of aromatic nitrogens is 4. The van der Waals surface area contributed by atoms with Gasteiger partial charge in [0.05, 0.1) is 12.1 Å². The zero-order chi connectivity index (χ0) is 21.2. The fraction of sp³-hybridized carbons (Fsp3) is 0.409. The maximum absolute atomic E-state index is 11.8. The molecule has 1 N–H and O–H groups in total. The van der Waals surface area contributed by atoms with Crippen LogP contribution in [0.1, 0.15) is 18.7 Å². The van der Waals surface area contributed by atoms with Crippen LogP contribution in [0.3, 0.4) is 0 Å². The predicted octanol–water partition coefficient (Wildman–Crippen LogP) is 1.80. The quantitative estimate of drug-likeness (QED) is 0.664. The van der Waals surface area contributed by atoms with Crippen LogP contribution in [0.25, 0.3) is 10.9 Å². The van der Waals surface area contributed by atoms with Gasteiger partial charge >= 0.3 is 5.97 Å². The van der Waals surface area contributed by atoms with Crippen LogP contribution in [0.4, 0.5) is 11.8 Å². The number of hydrogen-bond donors (Lipinski definition) is 1. The van der Waals surface area contributed by atoms with E-state index in [4.69, 9.17) is 9.97 Å². The molecule has 1 unspecified atom stereocenters. The Labute approximate surface area is 180 Å². The molecule has 3 aromatic rings. The molecule has 2 saturated heterocycles. The topological polar surface area (TPSA) is 98.6 Å². The molecule has 1 atom stereocenters. The predicted molar refractivity (Wildman–Crippen MR) is 117 cm³/mol. The van der Waals surface area contributed by atoms with Crippen molar-refractivity contribution in [3.8, 4) is 0 Å². The van der Waals surface area contributed by atoms with Crippen LogP contribution in [0.15, 0.2) is 42.7 Å². The second-order valence-electron chi connectivity index (χ2n) is 7.98. The second-order valence-corrected chi connectivity index (χ2v) is 7.98. The second kappa shape index (κ2) is 8.43. The molecule has 2 aliphatic rings. The summed E-state index contributed by atoms with van der Waals surface area (Å²) in [6, 6.07) is 9.15. The van der Waals surface area contributed by atoms with Crippen molar-refractivity contribution in [2.75, 3.05) is 42.5 Å². The first-order chi connectivity index (χ1) is 15.2. The van der Waals surface area contributed by atoms with Gasteiger partial charge in [0.2, 0.25) is 5.95 Å². The summed E-state index contributed by atoms with van der Waals surface area (Å²) in [5.74, 6) is 1.44. The van der Waals surface area contributed by atoms with Gasteiger partial charge in [-0.15, -0.1) is 0 Å². The standard InChI is InChI=1S/C22H25N7O2/c30-21(31)18-7-3-10-29(18)20-16-5-1-2-6-17(16)25-19(26-20)15-27-11-13-28(14-12-27)22-23-8-4-9-24-22/h1-2,4-6,8-9,18H,3,7,10-15H2,(H,30,31). The fourth-order valence-electron chi connectivity index (χ4n) is 4.43. The zero-order valence-electron chi connectivity index (χ0n) is 17.3. The molecule has 31 heavy (non-hydrogen) atoms. The van der Waals surface area contributed by atoms with Gasteiger partial charge in [-0.05, 0) is 31.0 Å². The van der Waals surface area contributed by atoms with Crippen molar-refractivity contribution < 1.29 is 9.90 Å². The van der Waals surface area contributed by atoms with Crippen LogP contribution in [-0.2, 0) is 11.3 Å². The van der Waals surface area contributed by atoms with E-state index >= 15 is 0 Å². The Morgan fingerprint density at radius 1 is 1.00 bits per heavy atom. The largest absolute Gasteiger partial charge is 0.480 e. The van der Waals surface area contributed by atoms with Gasteiger partial charge in [-0.2, -0.15) is 0 Å². The van der Waals surface area contributed by atoms with Gasteiger partial charge in [0.25, 0.3) is 0 Å². The number of fused-ring (bicyclic) bond motifs is 1. The number of benzene rings is 1. The summed E-state index contributed by atoms with van der Waals surface area (Å²) in [7, 11) is 0. The van der Waals surface area contributed by atoms with Crippen molar-refractivity contribution in [1.29, 1.82) is 0 Å². The average molecular weight is 419 g/mol. The number of para-hydroxylation sites is 1. The highest BCUT2D eigenvalue weighted by Gasteiger charge is 2.33. The number of aliphatic carboxylic acids is 1. The van der Waals surface area contributed by atoms with Gasteiger partial charge < -0.3 is 14.9 Å². The van der Waals surface area contributed by atoms with Crippen molar-refractivity contribution in [1.82, 2.24) is 24.8 Å². The monoisotopic (exact) mass is 419 g/mol. The van der Waals surface area contributed by atoms with Crippen LogP contribution in [-0.4, -0.2) is 74.7 Å². The molecule has 2 fully saturated rings. The summed E-state index contributed by atoms with van der Waals surface area (Å²) in [5, 5.41) is 10.6. The third-order valence-electron chi connectivity index (χ3n) is 6.01. The first-order valence-electron chi connectivity index (χ1n) is 10.7. The maximum atomic E-state index is 11.8.